The smallest absolute Gasteiger partial charge is 0.335 e. The van der Waals surface area contributed by atoms with Crippen molar-refractivity contribution >= 4 is 5.97 Å². The number of aryl methyl sites for hydroxylation is 2. The first kappa shape index (κ1) is 20.4. The van der Waals surface area contributed by atoms with Crippen molar-refractivity contribution in [2.45, 2.75) is 58.4 Å². The first-order chi connectivity index (χ1) is 11.2. The van der Waals surface area contributed by atoms with Crippen LogP contribution in [-0.4, -0.2) is 16.1 Å². The van der Waals surface area contributed by atoms with Gasteiger partial charge < -0.3 is 22.1 Å². The Bertz CT molecular complexity index is 626. The molecule has 0 saturated heterocycles. The van der Waals surface area contributed by atoms with Gasteiger partial charge >= 0.3 is 5.97 Å². The maximum Gasteiger partial charge on any atom is 0.335 e. The summed E-state index contributed by atoms with van der Waals surface area (Å²) in [4.78, 5) is 14.6. The van der Waals surface area contributed by atoms with Crippen LogP contribution in [0.2, 0.25) is 0 Å². The minimum absolute atomic E-state index is 0. The highest BCUT2D eigenvalue weighted by atomic mass is 79.9. The van der Waals surface area contributed by atoms with E-state index in [1.54, 1.807) is 0 Å². The second kappa shape index (κ2) is 10.3. The quantitative estimate of drug-likeness (QED) is 0.621. The number of carbonyl (C=O) groups is 1. The fourth-order valence-electron chi connectivity index (χ4n) is 2.99. The summed E-state index contributed by atoms with van der Waals surface area (Å²) in [7, 11) is 0. The number of aromatic amines is 1. The molecule has 24 heavy (non-hydrogen) atoms. The van der Waals surface area contributed by atoms with Crippen LogP contribution in [0.25, 0.3) is 0 Å². The lowest BCUT2D eigenvalue weighted by atomic mass is 9.95. The molecule has 132 valence electrons. The number of aromatic carboxylic acids is 1. The van der Waals surface area contributed by atoms with Crippen molar-refractivity contribution in [3.05, 3.63) is 53.6 Å². The zero-order valence-corrected chi connectivity index (χ0v) is 16.1. The zero-order chi connectivity index (χ0) is 16.7. The molecular formula is C19H27BrN2O2. The van der Waals surface area contributed by atoms with Gasteiger partial charge in [0.25, 0.3) is 0 Å². The van der Waals surface area contributed by atoms with E-state index in [1.807, 2.05) is 37.6 Å². The summed E-state index contributed by atoms with van der Waals surface area (Å²) in [6.45, 7) is 4.24. The van der Waals surface area contributed by atoms with E-state index in [2.05, 4.69) is 22.7 Å². The Morgan fingerprint density at radius 2 is 2.08 bits per heavy atom. The van der Waals surface area contributed by atoms with Gasteiger partial charge in [0.2, 0.25) is 6.33 Å². The highest BCUT2D eigenvalue weighted by Crippen LogP contribution is 2.20. The van der Waals surface area contributed by atoms with Crippen LogP contribution in [-0.2, 0) is 12.8 Å². The van der Waals surface area contributed by atoms with Crippen LogP contribution in [0.5, 0.6) is 0 Å². The number of nitrogens with zero attached hydrogens (tertiary/aromatic N) is 1. The predicted molar refractivity (Wildman–Crippen MR) is 90.7 cm³/mol. The molecule has 0 fully saturated rings. The van der Waals surface area contributed by atoms with Gasteiger partial charge in [-0.15, -0.1) is 0 Å². The molecule has 1 unspecified atom stereocenters. The Hall–Kier alpha value is -1.62. The summed E-state index contributed by atoms with van der Waals surface area (Å²) < 4.78 is 2.20. The maximum atomic E-state index is 11.5. The van der Waals surface area contributed by atoms with Crippen LogP contribution in [0.15, 0.2) is 36.9 Å². The third kappa shape index (κ3) is 5.48. The number of hydrogen-bond acceptors (Lipinski definition) is 1. The van der Waals surface area contributed by atoms with Crippen LogP contribution in [0.3, 0.4) is 0 Å². The topological polar surface area (TPSA) is 57.0 Å². The standard InChI is InChI=1S/C19H26N2O2.BrH/c1-3-5-6-17(21-12-11-20-14-21)10-9-16-8-7-15(4-2)13-18(16)19(22)23;/h7-8,11-14,17H,3-6,9-10H2,1-2H3,(H,22,23);1H. The molecule has 2 N–H and O–H groups in total. The van der Waals surface area contributed by atoms with E-state index in [4.69, 9.17) is 0 Å². The molecule has 5 heteroatoms. The van der Waals surface area contributed by atoms with E-state index in [1.165, 1.54) is 12.8 Å². The molecule has 1 atom stereocenters. The van der Waals surface area contributed by atoms with Gasteiger partial charge in [-0.2, -0.15) is 0 Å². The molecule has 0 saturated carbocycles. The normalized spacial score (nSPS) is 11.8. The van der Waals surface area contributed by atoms with Gasteiger partial charge in [-0.1, -0.05) is 32.4 Å². The largest absolute Gasteiger partial charge is 1.00 e. The molecule has 0 aliphatic carbocycles. The number of benzene rings is 1. The van der Waals surface area contributed by atoms with Crippen molar-refractivity contribution in [3.63, 3.8) is 0 Å². The molecule has 0 aliphatic heterocycles. The average Bonchev–Trinajstić information content (AvgIpc) is 3.09. The van der Waals surface area contributed by atoms with E-state index < -0.39 is 5.97 Å². The second-order valence-electron chi connectivity index (χ2n) is 6.04. The van der Waals surface area contributed by atoms with Gasteiger partial charge in [-0.05, 0) is 49.3 Å². The number of carboxylic acid groups (broad SMARTS) is 1. The number of rotatable bonds is 9. The number of unbranched alkanes of at least 4 members (excludes halogenated alkanes) is 1. The minimum atomic E-state index is -0.824. The van der Waals surface area contributed by atoms with E-state index in [0.29, 0.717) is 11.6 Å². The van der Waals surface area contributed by atoms with Crippen LogP contribution in [0.1, 0.15) is 67.1 Å². The second-order valence-corrected chi connectivity index (χ2v) is 6.04. The third-order valence-electron chi connectivity index (χ3n) is 4.44. The molecule has 1 aromatic carbocycles. The molecule has 4 nitrogen and oxygen atoms in total. The van der Waals surface area contributed by atoms with E-state index in [9.17, 15) is 9.90 Å². The summed E-state index contributed by atoms with van der Waals surface area (Å²) in [5, 5.41) is 9.47. The molecule has 1 aromatic heterocycles. The first-order valence-corrected chi connectivity index (χ1v) is 8.54. The highest BCUT2D eigenvalue weighted by Gasteiger charge is 2.17. The zero-order valence-electron chi connectivity index (χ0n) is 14.5. The molecule has 1 heterocycles. The van der Waals surface area contributed by atoms with Crippen molar-refractivity contribution in [1.82, 2.24) is 4.98 Å². The molecule has 0 spiro atoms. The van der Waals surface area contributed by atoms with Crippen LogP contribution >= 0.6 is 0 Å². The van der Waals surface area contributed by atoms with E-state index >= 15 is 0 Å². The first-order valence-electron chi connectivity index (χ1n) is 8.54. The van der Waals surface area contributed by atoms with Crippen LogP contribution in [0.4, 0.5) is 0 Å². The number of carboxylic acids is 1. The summed E-state index contributed by atoms with van der Waals surface area (Å²) in [6.07, 6.45) is 12.0. The number of hydrogen-bond donors (Lipinski definition) is 2. The van der Waals surface area contributed by atoms with E-state index in [-0.39, 0.29) is 17.0 Å². The van der Waals surface area contributed by atoms with Crippen LogP contribution in [0, 0.1) is 0 Å². The molecular weight excluding hydrogens is 368 g/mol. The van der Waals surface area contributed by atoms with Crippen molar-refractivity contribution in [1.29, 1.82) is 0 Å². The molecule has 0 amide bonds. The molecule has 0 radical (unpaired) electrons. The maximum absolute atomic E-state index is 11.5. The summed E-state index contributed by atoms with van der Waals surface area (Å²) in [5.41, 5.74) is 2.47. The molecule has 0 bridgehead atoms. The Morgan fingerprint density at radius 3 is 2.67 bits per heavy atom. The summed E-state index contributed by atoms with van der Waals surface area (Å²) in [6, 6.07) is 6.27. The molecule has 2 aromatic rings. The number of aromatic nitrogens is 2. The molecule has 2 rings (SSSR count). The minimum Gasteiger partial charge on any atom is -1.00 e. The van der Waals surface area contributed by atoms with Gasteiger partial charge in [0.15, 0.2) is 0 Å². The number of H-pyrrole nitrogens is 1. The van der Waals surface area contributed by atoms with Crippen molar-refractivity contribution in [2.75, 3.05) is 0 Å². The van der Waals surface area contributed by atoms with Gasteiger partial charge in [0, 0.05) is 0 Å². The Balaban J connectivity index is 0.00000288. The lowest BCUT2D eigenvalue weighted by molar-refractivity contribution is -0.723. The van der Waals surface area contributed by atoms with Gasteiger partial charge in [0.1, 0.15) is 18.4 Å². The summed E-state index contributed by atoms with van der Waals surface area (Å²) >= 11 is 0. The van der Waals surface area contributed by atoms with Gasteiger partial charge in [-0.3, -0.25) is 4.98 Å². The van der Waals surface area contributed by atoms with Crippen molar-refractivity contribution in [2.24, 2.45) is 0 Å². The highest BCUT2D eigenvalue weighted by molar-refractivity contribution is 5.89. The number of imidazole rings is 1. The monoisotopic (exact) mass is 394 g/mol. The average molecular weight is 395 g/mol. The SMILES string of the molecule is CCCCC(CCc1ccc(CC)cc1C(=O)O)[n+]1cc[nH]c1.[Br-]. The third-order valence-corrected chi connectivity index (χ3v) is 4.44. The Labute approximate surface area is 154 Å². The fourth-order valence-corrected chi connectivity index (χ4v) is 2.99. The number of nitrogens with one attached hydrogen (secondary N) is 1. The Morgan fingerprint density at radius 1 is 1.29 bits per heavy atom. The van der Waals surface area contributed by atoms with Crippen molar-refractivity contribution < 1.29 is 31.4 Å². The van der Waals surface area contributed by atoms with E-state index in [0.717, 1.165) is 36.8 Å². The van der Waals surface area contributed by atoms with Gasteiger partial charge in [-0.25, -0.2) is 9.36 Å². The fraction of sp³-hybridized carbons (Fsp3) is 0.474. The Kier molecular flexibility index (Phi) is 8.76. The van der Waals surface area contributed by atoms with Gasteiger partial charge in [0.05, 0.1) is 5.56 Å². The lowest BCUT2D eigenvalue weighted by Crippen LogP contribution is -3.00. The molecule has 0 aliphatic rings. The lowest BCUT2D eigenvalue weighted by Gasteiger charge is -2.15. The number of halogens is 1. The predicted octanol–water partition coefficient (Wildman–Crippen LogP) is 0.931. The van der Waals surface area contributed by atoms with Crippen LogP contribution < -0.4 is 21.5 Å². The van der Waals surface area contributed by atoms with Crippen molar-refractivity contribution in [3.8, 4) is 0 Å². The summed E-state index contributed by atoms with van der Waals surface area (Å²) in [5.74, 6) is -0.824.